The Balaban J connectivity index is 1.15. The number of fused-ring (bicyclic) bond motifs is 1. The maximum atomic E-state index is 15.6. The lowest BCUT2D eigenvalue weighted by atomic mass is 10.1. The number of likely N-dealkylation sites (N-methyl/N-ethyl adjacent to an activating group) is 1. The molecule has 1 aliphatic rings. The number of rotatable bonds is 10. The molecule has 1 amide bonds. The normalized spacial score (nSPS) is 14.7. The Hall–Kier alpha value is -6.15. The summed E-state index contributed by atoms with van der Waals surface area (Å²) in [6, 6.07) is 19.5. The van der Waals surface area contributed by atoms with Crippen molar-refractivity contribution in [3.8, 4) is 28.8 Å². The van der Waals surface area contributed by atoms with E-state index in [-0.39, 0.29) is 34.5 Å². The van der Waals surface area contributed by atoms with E-state index in [1.807, 2.05) is 31.3 Å². The molecule has 3 aromatic carbocycles. The first-order valence-electron chi connectivity index (χ1n) is 16.2. The van der Waals surface area contributed by atoms with Crippen LogP contribution in [0.15, 0.2) is 96.1 Å². The Labute approximate surface area is 290 Å². The molecule has 1 saturated heterocycles. The van der Waals surface area contributed by atoms with Gasteiger partial charge < -0.3 is 24.4 Å². The van der Waals surface area contributed by atoms with Crippen molar-refractivity contribution in [3.63, 3.8) is 0 Å². The zero-order chi connectivity index (χ0) is 35.5. The van der Waals surface area contributed by atoms with Gasteiger partial charge >= 0.3 is 0 Å². The van der Waals surface area contributed by atoms with Gasteiger partial charge in [0.2, 0.25) is 5.88 Å². The first-order chi connectivity index (χ1) is 24.7. The highest BCUT2D eigenvalue weighted by Crippen LogP contribution is 2.37. The summed E-state index contributed by atoms with van der Waals surface area (Å²) in [6.45, 7) is 2.10. The van der Waals surface area contributed by atoms with E-state index in [4.69, 9.17) is 19.3 Å². The van der Waals surface area contributed by atoms with Gasteiger partial charge in [-0.2, -0.15) is 9.78 Å². The second-order valence-electron chi connectivity index (χ2n) is 12.1. The molecule has 0 spiro atoms. The van der Waals surface area contributed by atoms with Crippen molar-refractivity contribution in [2.75, 3.05) is 32.6 Å². The lowest BCUT2D eigenvalue weighted by molar-refractivity contribution is 0.100. The van der Waals surface area contributed by atoms with Gasteiger partial charge in [0.1, 0.15) is 34.4 Å². The highest BCUT2D eigenvalue weighted by atomic mass is 19.1. The molecular formula is C37H33F2N7O5. The van der Waals surface area contributed by atoms with Gasteiger partial charge in [0.15, 0.2) is 17.2 Å². The van der Waals surface area contributed by atoms with Gasteiger partial charge in [-0.25, -0.2) is 18.4 Å². The van der Waals surface area contributed by atoms with E-state index >= 15 is 4.39 Å². The van der Waals surface area contributed by atoms with E-state index in [2.05, 4.69) is 20.3 Å². The minimum Gasteiger partial charge on any atom is -0.497 e. The minimum atomic E-state index is -0.776. The van der Waals surface area contributed by atoms with E-state index in [1.165, 1.54) is 48.7 Å². The number of carbonyl (C=O) groups excluding carboxylic acids is 1. The Bertz CT molecular complexity index is 2260. The van der Waals surface area contributed by atoms with Crippen molar-refractivity contribution in [2.24, 2.45) is 0 Å². The minimum absolute atomic E-state index is 0.0898. The van der Waals surface area contributed by atoms with Crippen molar-refractivity contribution >= 4 is 22.6 Å². The van der Waals surface area contributed by atoms with E-state index in [0.29, 0.717) is 23.5 Å². The molecule has 12 nitrogen and oxygen atoms in total. The van der Waals surface area contributed by atoms with Crippen LogP contribution in [0.5, 0.6) is 23.1 Å². The van der Waals surface area contributed by atoms with Gasteiger partial charge in [0.25, 0.3) is 11.5 Å². The molecule has 1 unspecified atom stereocenters. The predicted molar refractivity (Wildman–Crippen MR) is 185 cm³/mol. The Kier molecular flexibility index (Phi) is 9.40. The molecule has 0 saturated carbocycles. The third-order valence-corrected chi connectivity index (χ3v) is 8.49. The number of piperidine rings is 1. The molecule has 1 N–H and O–H groups in total. The fourth-order valence-electron chi connectivity index (χ4n) is 5.92. The van der Waals surface area contributed by atoms with Crippen molar-refractivity contribution in [2.45, 2.75) is 25.5 Å². The molecule has 1 atom stereocenters. The van der Waals surface area contributed by atoms with Crippen molar-refractivity contribution in [3.05, 3.63) is 124 Å². The molecule has 6 aromatic rings. The van der Waals surface area contributed by atoms with Crippen LogP contribution in [0.1, 0.15) is 28.8 Å². The second-order valence-corrected chi connectivity index (χ2v) is 12.1. The molecular weight excluding hydrogens is 660 g/mol. The number of amides is 1. The third kappa shape index (κ3) is 7.26. The fraction of sp³-hybridized carbons (Fsp3) is 0.216. The van der Waals surface area contributed by atoms with Crippen LogP contribution < -0.4 is 25.1 Å². The number of methoxy groups -OCH3 is 1. The number of pyridine rings is 1. The molecule has 4 heterocycles. The van der Waals surface area contributed by atoms with Crippen LogP contribution in [0.4, 0.5) is 14.5 Å². The quantitative estimate of drug-likeness (QED) is 0.189. The summed E-state index contributed by atoms with van der Waals surface area (Å²) in [5, 5.41) is 11.8. The highest BCUT2D eigenvalue weighted by molar-refractivity contribution is 6.04. The maximum absolute atomic E-state index is 15.6. The molecule has 1 fully saturated rings. The molecule has 0 radical (unpaired) electrons. The van der Waals surface area contributed by atoms with Crippen LogP contribution in [-0.2, 0) is 6.54 Å². The van der Waals surface area contributed by atoms with Crippen molar-refractivity contribution < 1.29 is 27.8 Å². The number of benzene rings is 3. The number of likely N-dealkylation sites (tertiary alicyclic amines) is 1. The van der Waals surface area contributed by atoms with Gasteiger partial charge in [-0.05, 0) is 86.6 Å². The zero-order valence-corrected chi connectivity index (χ0v) is 27.8. The summed E-state index contributed by atoms with van der Waals surface area (Å²) in [7, 11) is 3.65. The highest BCUT2D eigenvalue weighted by Gasteiger charge is 2.25. The number of nitrogens with one attached hydrogen (secondary N) is 1. The Morgan fingerprint density at radius 2 is 1.78 bits per heavy atom. The summed E-state index contributed by atoms with van der Waals surface area (Å²) >= 11 is 0. The van der Waals surface area contributed by atoms with Crippen molar-refractivity contribution in [1.29, 1.82) is 0 Å². The van der Waals surface area contributed by atoms with Crippen molar-refractivity contribution in [1.82, 2.24) is 29.4 Å². The average molecular weight is 694 g/mol. The number of aromatic nitrogens is 5. The Morgan fingerprint density at radius 3 is 2.53 bits per heavy atom. The summed E-state index contributed by atoms with van der Waals surface area (Å²) in [5.41, 5.74) is 0.857. The average Bonchev–Trinajstić information content (AvgIpc) is 3.47. The molecule has 14 heteroatoms. The molecule has 3 aromatic heterocycles. The fourth-order valence-corrected chi connectivity index (χ4v) is 5.92. The third-order valence-electron chi connectivity index (χ3n) is 8.49. The number of hydrogen-bond donors (Lipinski definition) is 1. The maximum Gasteiger partial charge on any atom is 0.284 e. The van der Waals surface area contributed by atoms with Crippen LogP contribution in [-0.4, -0.2) is 68.7 Å². The van der Waals surface area contributed by atoms with E-state index in [0.717, 1.165) is 48.0 Å². The predicted octanol–water partition coefficient (Wildman–Crippen LogP) is 5.83. The molecule has 7 rings (SSSR count). The molecule has 0 bridgehead atoms. The molecule has 0 aliphatic carbocycles. The monoisotopic (exact) mass is 693 g/mol. The molecule has 260 valence electrons. The van der Waals surface area contributed by atoms with Gasteiger partial charge in [-0.3, -0.25) is 9.59 Å². The lowest BCUT2D eigenvalue weighted by Crippen LogP contribution is -2.38. The van der Waals surface area contributed by atoms with Crippen LogP contribution in [0.3, 0.4) is 0 Å². The summed E-state index contributed by atoms with van der Waals surface area (Å²) < 4.78 is 49.6. The first-order valence-corrected chi connectivity index (χ1v) is 16.2. The number of hydrogen-bond acceptors (Lipinski definition) is 9. The lowest BCUT2D eigenvalue weighted by Gasteiger charge is -2.29. The number of halogens is 2. The SMILES string of the molecule is COc1ccc(Cn2nc(OC3CCCN(C)C3)c3c(Oc4ccc(NC(=O)c5ccnn(-c6ccc(F)cc6)c5=O)cc4F)ccnc32)cc1. The second kappa shape index (κ2) is 14.4. The molecule has 51 heavy (non-hydrogen) atoms. The smallest absolute Gasteiger partial charge is 0.284 e. The number of nitrogens with zero attached hydrogens (tertiary/aromatic N) is 6. The number of carbonyl (C=O) groups is 1. The van der Waals surface area contributed by atoms with Crippen LogP contribution in [0.25, 0.3) is 16.7 Å². The number of anilines is 1. The van der Waals surface area contributed by atoms with Crippen LogP contribution in [0, 0.1) is 11.6 Å². The van der Waals surface area contributed by atoms with Crippen LogP contribution >= 0.6 is 0 Å². The van der Waals surface area contributed by atoms with E-state index in [9.17, 15) is 14.0 Å². The van der Waals surface area contributed by atoms with Gasteiger partial charge in [-0.15, -0.1) is 5.10 Å². The van der Waals surface area contributed by atoms with Crippen LogP contribution in [0.2, 0.25) is 0 Å². The van der Waals surface area contributed by atoms with Gasteiger partial charge in [0.05, 0.1) is 19.3 Å². The van der Waals surface area contributed by atoms with Gasteiger partial charge in [-0.1, -0.05) is 12.1 Å². The van der Waals surface area contributed by atoms with E-state index < -0.39 is 23.1 Å². The standard InChI is InChI=1S/C37H33F2N7O5/c1-44-19-3-4-28(22-44)50-36-33-32(16-17-40-34(33)45(43-36)21-23-5-12-27(49-2)13-6-23)51-31-14-9-25(20-30(31)39)42-35(47)29-15-18-41-46(37(29)48)26-10-7-24(38)8-11-26/h5-18,20,28H,3-4,19,21-22H2,1-2H3,(H,42,47). The first kappa shape index (κ1) is 33.4. The summed E-state index contributed by atoms with van der Waals surface area (Å²) in [5.74, 6) is -0.791. The summed E-state index contributed by atoms with van der Waals surface area (Å²) in [4.78, 5) is 32.9. The summed E-state index contributed by atoms with van der Waals surface area (Å²) in [6.07, 6.45) is 4.56. The number of ether oxygens (including phenoxy) is 3. The van der Waals surface area contributed by atoms with Gasteiger partial charge in [0, 0.05) is 36.8 Å². The van der Waals surface area contributed by atoms with E-state index in [1.54, 1.807) is 24.1 Å². The topological polar surface area (TPSA) is 126 Å². The zero-order valence-electron chi connectivity index (χ0n) is 27.8. The Morgan fingerprint density at radius 1 is 0.980 bits per heavy atom. The largest absolute Gasteiger partial charge is 0.497 e. The molecule has 1 aliphatic heterocycles.